The van der Waals surface area contributed by atoms with Crippen LogP contribution in [0.2, 0.25) is 0 Å². The predicted molar refractivity (Wildman–Crippen MR) is 217 cm³/mol. The van der Waals surface area contributed by atoms with Gasteiger partial charge in [-0.05, 0) is 60.8 Å². The molecule has 2 aliphatic heterocycles. The summed E-state index contributed by atoms with van der Waals surface area (Å²) >= 11 is 0. The Bertz CT molecular complexity index is 2280. The van der Waals surface area contributed by atoms with E-state index in [1.54, 1.807) is 23.5 Å². The number of benzene rings is 1. The molecule has 5 aromatic rings. The highest BCUT2D eigenvalue weighted by Gasteiger charge is 2.39. The molecule has 2 saturated heterocycles. The number of methoxy groups -OCH3 is 2. The molecule has 3 amide bonds. The van der Waals surface area contributed by atoms with Gasteiger partial charge in [-0.25, -0.2) is 14.8 Å². The van der Waals surface area contributed by atoms with Gasteiger partial charge in [0.25, 0.3) is 0 Å². The van der Waals surface area contributed by atoms with Crippen LogP contribution >= 0.6 is 0 Å². The Hall–Kier alpha value is -6.12. The van der Waals surface area contributed by atoms with E-state index in [0.717, 1.165) is 76.2 Å². The lowest BCUT2D eigenvalue weighted by molar-refractivity contribution is -0.148. The van der Waals surface area contributed by atoms with Gasteiger partial charge in [-0.2, -0.15) is 0 Å². The van der Waals surface area contributed by atoms with Gasteiger partial charge < -0.3 is 34.6 Å². The van der Waals surface area contributed by atoms with Crippen LogP contribution in [-0.4, -0.2) is 96.9 Å². The summed E-state index contributed by atoms with van der Waals surface area (Å²) in [4.78, 5) is 80.6. The number of H-pyrrole nitrogens is 2. The molecule has 6 heterocycles. The number of hydrogen-bond donors (Lipinski definition) is 3. The van der Waals surface area contributed by atoms with Crippen LogP contribution in [0.15, 0.2) is 61.2 Å². The van der Waals surface area contributed by atoms with Crippen molar-refractivity contribution in [1.29, 1.82) is 0 Å². The Morgan fingerprint density at radius 2 is 1.22 bits per heavy atom. The summed E-state index contributed by atoms with van der Waals surface area (Å²) in [6.07, 6.45) is 9.86. The zero-order valence-electron chi connectivity index (χ0n) is 33.8. The summed E-state index contributed by atoms with van der Waals surface area (Å²) < 4.78 is 9.62. The summed E-state index contributed by atoms with van der Waals surface area (Å²) in [7, 11) is 2.63. The lowest BCUT2D eigenvalue weighted by atomic mass is 9.91. The molecule has 1 aromatic carbocycles. The number of fused-ring (bicyclic) bond motifs is 1. The number of carbonyl (C=O) groups excluding carboxylic acids is 4. The summed E-state index contributed by atoms with van der Waals surface area (Å²) in [6.45, 7) is 8.90. The van der Waals surface area contributed by atoms with Gasteiger partial charge in [0.2, 0.25) is 11.8 Å². The Labute approximate surface area is 337 Å². The fourth-order valence-corrected chi connectivity index (χ4v) is 8.05. The van der Waals surface area contributed by atoms with Crippen LogP contribution in [0.1, 0.15) is 83.5 Å². The third-order valence-electron chi connectivity index (χ3n) is 11.4. The van der Waals surface area contributed by atoms with Gasteiger partial charge in [-0.1, -0.05) is 52.0 Å². The Balaban J connectivity index is 1.02. The SMILES string of the molecule is COC(=O)C[C@H](C(=O)N1CCC[C@H]1c1ncc(-c2ccc(-c3cnc4cc(-c5cnc([C@@H]6CCCN6C(=O)[C@@H](NC(=O)OC)C(C)C)[nH]5)cnc4c3)cc2)[nH]1)C(C)C. The Morgan fingerprint density at radius 1 is 0.690 bits per heavy atom. The monoisotopic (exact) mass is 789 g/mol. The van der Waals surface area contributed by atoms with E-state index in [9.17, 15) is 19.2 Å². The average molecular weight is 790 g/mol. The number of esters is 1. The van der Waals surface area contributed by atoms with Crippen LogP contribution in [-0.2, 0) is 23.9 Å². The maximum atomic E-state index is 13.6. The number of rotatable bonds is 12. The second-order valence-corrected chi connectivity index (χ2v) is 15.8. The highest BCUT2D eigenvalue weighted by molar-refractivity contribution is 5.87. The van der Waals surface area contributed by atoms with Crippen molar-refractivity contribution < 1.29 is 28.7 Å². The maximum Gasteiger partial charge on any atom is 0.407 e. The topological polar surface area (TPSA) is 188 Å². The molecule has 0 aliphatic carbocycles. The van der Waals surface area contributed by atoms with E-state index in [0.29, 0.717) is 18.9 Å². The zero-order valence-corrected chi connectivity index (χ0v) is 33.8. The third kappa shape index (κ3) is 8.29. The molecule has 0 spiro atoms. The van der Waals surface area contributed by atoms with Gasteiger partial charge in [-0.3, -0.25) is 24.4 Å². The van der Waals surface area contributed by atoms with Crippen LogP contribution in [0.3, 0.4) is 0 Å². The van der Waals surface area contributed by atoms with Gasteiger partial charge in [0.05, 0.1) is 73.5 Å². The number of hydrogen-bond acceptors (Lipinski definition) is 10. The number of amides is 3. The van der Waals surface area contributed by atoms with Crippen molar-refractivity contribution >= 4 is 34.9 Å². The van der Waals surface area contributed by atoms with Crippen molar-refractivity contribution in [1.82, 2.24) is 45.0 Å². The summed E-state index contributed by atoms with van der Waals surface area (Å²) in [5.74, 6) is 0.277. The van der Waals surface area contributed by atoms with Gasteiger partial charge in [0.1, 0.15) is 17.7 Å². The maximum absolute atomic E-state index is 13.6. The molecule has 0 saturated carbocycles. The van der Waals surface area contributed by atoms with E-state index in [1.165, 1.54) is 14.2 Å². The van der Waals surface area contributed by atoms with E-state index >= 15 is 0 Å². The standard InChI is InChI=1S/C43H51N9O6/c1-24(2)30(19-37(53)57-5)41(54)51-15-7-9-35(51)39-46-22-33(48-39)27-13-11-26(12-14-27)28-17-31-32(44-20-28)18-29(21-45-31)34-23-47-40(49-34)36-10-8-16-52(36)42(55)38(25(3)4)50-43(56)58-6/h11-14,17-18,20-25,30,35-36,38H,7-10,15-16,19H2,1-6H3,(H,46,48)(H,47,49)(H,50,56)/t30-,35-,36-,38-/m0/s1. The van der Waals surface area contributed by atoms with Gasteiger partial charge >= 0.3 is 12.1 Å². The lowest BCUT2D eigenvalue weighted by Gasteiger charge is -2.30. The fraction of sp³-hybridized carbons (Fsp3) is 0.442. The molecule has 4 atom stereocenters. The molecule has 15 heteroatoms. The second kappa shape index (κ2) is 17.2. The molecule has 0 unspecified atom stereocenters. The Morgan fingerprint density at radius 3 is 1.78 bits per heavy atom. The summed E-state index contributed by atoms with van der Waals surface area (Å²) in [5, 5.41) is 2.69. The fourth-order valence-electron chi connectivity index (χ4n) is 8.05. The molecule has 58 heavy (non-hydrogen) atoms. The Kier molecular flexibility index (Phi) is 11.9. The van der Waals surface area contributed by atoms with Crippen molar-refractivity contribution in [3.05, 3.63) is 72.8 Å². The molecule has 0 bridgehead atoms. The van der Waals surface area contributed by atoms with E-state index < -0.39 is 18.1 Å². The molecule has 3 N–H and O–H groups in total. The molecular weight excluding hydrogens is 739 g/mol. The summed E-state index contributed by atoms with van der Waals surface area (Å²) in [5.41, 5.74) is 6.79. The molecule has 2 aliphatic rings. The van der Waals surface area contributed by atoms with Gasteiger partial charge in [-0.15, -0.1) is 0 Å². The van der Waals surface area contributed by atoms with Crippen molar-refractivity contribution in [2.75, 3.05) is 27.3 Å². The predicted octanol–water partition coefficient (Wildman–Crippen LogP) is 6.62. The van der Waals surface area contributed by atoms with Crippen LogP contribution in [0.5, 0.6) is 0 Å². The van der Waals surface area contributed by atoms with Gasteiger partial charge in [0, 0.05) is 36.6 Å². The van der Waals surface area contributed by atoms with Crippen molar-refractivity contribution in [2.24, 2.45) is 17.8 Å². The third-order valence-corrected chi connectivity index (χ3v) is 11.4. The number of imidazole rings is 2. The minimum absolute atomic E-state index is 0.00125. The molecule has 4 aromatic heterocycles. The number of aromatic nitrogens is 6. The number of carbonyl (C=O) groups is 4. The van der Waals surface area contributed by atoms with Crippen molar-refractivity contribution in [3.63, 3.8) is 0 Å². The van der Waals surface area contributed by atoms with Crippen LogP contribution in [0.25, 0.3) is 44.7 Å². The molecular formula is C43H51N9O6. The van der Waals surface area contributed by atoms with Crippen LogP contribution in [0, 0.1) is 17.8 Å². The number of likely N-dealkylation sites (tertiary alicyclic amines) is 2. The zero-order chi connectivity index (χ0) is 41.1. The first-order valence-corrected chi connectivity index (χ1v) is 19.9. The van der Waals surface area contributed by atoms with Gasteiger partial charge in [0.15, 0.2) is 0 Å². The summed E-state index contributed by atoms with van der Waals surface area (Å²) in [6, 6.07) is 11.0. The van der Waals surface area contributed by atoms with Crippen LogP contribution < -0.4 is 5.32 Å². The number of nitrogens with zero attached hydrogens (tertiary/aromatic N) is 6. The lowest BCUT2D eigenvalue weighted by Crippen LogP contribution is -2.51. The molecule has 0 radical (unpaired) electrons. The largest absolute Gasteiger partial charge is 0.469 e. The van der Waals surface area contributed by atoms with E-state index in [2.05, 4.69) is 25.3 Å². The minimum Gasteiger partial charge on any atom is -0.469 e. The number of aromatic amines is 2. The van der Waals surface area contributed by atoms with E-state index in [-0.39, 0.29) is 48.1 Å². The van der Waals surface area contributed by atoms with E-state index in [4.69, 9.17) is 19.4 Å². The highest BCUT2D eigenvalue weighted by atomic mass is 16.5. The van der Waals surface area contributed by atoms with Crippen molar-refractivity contribution in [3.8, 4) is 33.6 Å². The first-order chi connectivity index (χ1) is 27.9. The van der Waals surface area contributed by atoms with E-state index in [1.807, 2.05) is 75.2 Å². The number of alkyl carbamates (subject to hydrolysis) is 1. The van der Waals surface area contributed by atoms with Crippen LogP contribution in [0.4, 0.5) is 4.79 Å². The molecule has 304 valence electrons. The number of pyridine rings is 2. The first-order valence-electron chi connectivity index (χ1n) is 19.9. The molecule has 2 fully saturated rings. The normalized spacial score (nSPS) is 17.9. The van der Waals surface area contributed by atoms with Crippen molar-refractivity contribution in [2.45, 2.75) is 77.9 Å². The molecule has 7 rings (SSSR count). The second-order valence-electron chi connectivity index (χ2n) is 15.8. The average Bonchev–Trinajstić information content (AvgIpc) is 4.07. The smallest absolute Gasteiger partial charge is 0.407 e. The molecule has 15 nitrogen and oxygen atoms in total. The highest BCUT2D eigenvalue weighted by Crippen LogP contribution is 2.36. The number of ether oxygens (including phenoxy) is 2. The number of nitrogens with one attached hydrogen (secondary N) is 3. The quantitative estimate of drug-likeness (QED) is 0.116. The minimum atomic E-state index is -0.705. The first kappa shape index (κ1) is 40.1.